The molecule has 2 heterocycles. The summed E-state index contributed by atoms with van der Waals surface area (Å²) in [4.78, 5) is 18.0. The van der Waals surface area contributed by atoms with Crippen molar-refractivity contribution in [1.29, 1.82) is 0 Å². The Kier molecular flexibility index (Phi) is 6.36. The lowest BCUT2D eigenvalue weighted by Crippen LogP contribution is -2.35. The fraction of sp³-hybridized carbons (Fsp3) is 0.273. The van der Waals surface area contributed by atoms with Crippen LogP contribution in [0.1, 0.15) is 19.3 Å². The van der Waals surface area contributed by atoms with E-state index in [0.29, 0.717) is 18.8 Å². The zero-order chi connectivity index (χ0) is 21.0. The Bertz CT molecular complexity index is 1140. The number of rotatable bonds is 6. The number of carbonyl (C=O) groups excluding carboxylic acids is 1. The molecular weight excluding hydrogens is 418 g/mol. The summed E-state index contributed by atoms with van der Waals surface area (Å²) in [5.74, 6) is 0.0864. The van der Waals surface area contributed by atoms with Crippen molar-refractivity contribution in [3.05, 3.63) is 60.8 Å². The molecule has 1 aliphatic heterocycles. The molecule has 1 saturated heterocycles. The summed E-state index contributed by atoms with van der Waals surface area (Å²) in [5, 5.41) is 3.87. The molecule has 156 valence electrons. The molecule has 0 saturated carbocycles. The molecule has 1 fully saturated rings. The standard InChI is InChI=1S/C22H23N3O3S2/c26-21(16-29-20-8-4-6-17-7-5-13-23-22(17)20)24-18-9-11-19(12-10-18)30(27,28)25-14-2-1-3-15-25/h4-13H,1-3,14-16H2,(H,24,26). The fourth-order valence-electron chi connectivity index (χ4n) is 3.50. The summed E-state index contributed by atoms with van der Waals surface area (Å²) < 4.78 is 27.0. The summed E-state index contributed by atoms with van der Waals surface area (Å²) in [7, 11) is -3.46. The van der Waals surface area contributed by atoms with Crippen LogP contribution in [0.15, 0.2) is 70.6 Å². The summed E-state index contributed by atoms with van der Waals surface area (Å²) >= 11 is 1.43. The number of hydrogen-bond donors (Lipinski definition) is 1. The van der Waals surface area contributed by atoms with E-state index in [9.17, 15) is 13.2 Å². The number of nitrogens with zero attached hydrogens (tertiary/aromatic N) is 2. The van der Waals surface area contributed by atoms with Crippen LogP contribution in [0, 0.1) is 0 Å². The zero-order valence-corrected chi connectivity index (χ0v) is 18.1. The maximum atomic E-state index is 12.7. The number of sulfonamides is 1. The summed E-state index contributed by atoms with van der Waals surface area (Å²) in [6, 6.07) is 16.2. The van der Waals surface area contributed by atoms with Crippen LogP contribution < -0.4 is 5.32 Å². The fourth-order valence-corrected chi connectivity index (χ4v) is 5.86. The average molecular weight is 442 g/mol. The molecule has 8 heteroatoms. The molecule has 30 heavy (non-hydrogen) atoms. The van der Waals surface area contributed by atoms with E-state index in [-0.39, 0.29) is 16.6 Å². The second-order valence-electron chi connectivity index (χ2n) is 7.16. The highest BCUT2D eigenvalue weighted by Crippen LogP contribution is 2.26. The van der Waals surface area contributed by atoms with Crippen molar-refractivity contribution in [2.45, 2.75) is 29.1 Å². The molecule has 0 radical (unpaired) electrons. The molecule has 1 aliphatic rings. The van der Waals surface area contributed by atoms with Crippen LogP contribution in [0.2, 0.25) is 0 Å². The SMILES string of the molecule is O=C(CSc1cccc2cccnc12)Nc1ccc(S(=O)(=O)N2CCCCC2)cc1. The van der Waals surface area contributed by atoms with Gasteiger partial charge in [-0.1, -0.05) is 24.6 Å². The monoisotopic (exact) mass is 441 g/mol. The Morgan fingerprint density at radius 2 is 1.73 bits per heavy atom. The van der Waals surface area contributed by atoms with Gasteiger partial charge in [0.15, 0.2) is 0 Å². The largest absolute Gasteiger partial charge is 0.325 e. The average Bonchev–Trinajstić information content (AvgIpc) is 2.78. The van der Waals surface area contributed by atoms with Gasteiger partial charge in [-0.05, 0) is 49.2 Å². The van der Waals surface area contributed by atoms with E-state index < -0.39 is 10.0 Å². The highest BCUT2D eigenvalue weighted by molar-refractivity contribution is 8.00. The number of pyridine rings is 1. The minimum Gasteiger partial charge on any atom is -0.325 e. The highest BCUT2D eigenvalue weighted by atomic mass is 32.2. The molecule has 0 bridgehead atoms. The first-order valence-corrected chi connectivity index (χ1v) is 12.3. The third-order valence-corrected chi connectivity index (χ3v) is 8.01. The molecule has 1 N–H and O–H groups in total. The molecule has 3 aromatic rings. The van der Waals surface area contributed by atoms with Crippen LogP contribution in [-0.2, 0) is 14.8 Å². The number of anilines is 1. The van der Waals surface area contributed by atoms with Crippen molar-refractivity contribution in [2.24, 2.45) is 0 Å². The number of hydrogen-bond acceptors (Lipinski definition) is 5. The number of carbonyl (C=O) groups is 1. The molecule has 1 aromatic heterocycles. The molecule has 0 aliphatic carbocycles. The van der Waals surface area contributed by atoms with Crippen molar-refractivity contribution >= 4 is 44.3 Å². The molecule has 1 amide bonds. The van der Waals surface area contributed by atoms with Gasteiger partial charge in [-0.15, -0.1) is 11.8 Å². The van der Waals surface area contributed by atoms with E-state index in [0.717, 1.165) is 35.1 Å². The Morgan fingerprint density at radius 3 is 2.50 bits per heavy atom. The van der Waals surface area contributed by atoms with Crippen LogP contribution in [-0.4, -0.2) is 42.5 Å². The number of fused-ring (bicyclic) bond motifs is 1. The van der Waals surface area contributed by atoms with E-state index in [1.807, 2.05) is 30.3 Å². The molecule has 0 unspecified atom stereocenters. The van der Waals surface area contributed by atoms with Gasteiger partial charge < -0.3 is 5.32 Å². The maximum absolute atomic E-state index is 12.7. The third-order valence-electron chi connectivity index (χ3n) is 5.05. The number of amides is 1. The van der Waals surface area contributed by atoms with Crippen molar-refractivity contribution < 1.29 is 13.2 Å². The van der Waals surface area contributed by atoms with Crippen LogP contribution in [0.3, 0.4) is 0 Å². The molecule has 6 nitrogen and oxygen atoms in total. The van der Waals surface area contributed by atoms with Crippen LogP contribution in [0.5, 0.6) is 0 Å². The van der Waals surface area contributed by atoms with E-state index >= 15 is 0 Å². The number of aromatic nitrogens is 1. The van der Waals surface area contributed by atoms with Crippen LogP contribution in [0.25, 0.3) is 10.9 Å². The number of benzene rings is 2. The Morgan fingerprint density at radius 1 is 1.00 bits per heavy atom. The van der Waals surface area contributed by atoms with Crippen molar-refractivity contribution in [3.63, 3.8) is 0 Å². The Hall–Kier alpha value is -2.42. The first-order valence-electron chi connectivity index (χ1n) is 9.91. The number of para-hydroxylation sites is 1. The first kappa shape index (κ1) is 20.8. The van der Waals surface area contributed by atoms with Gasteiger partial charge in [0.1, 0.15) is 0 Å². The third kappa shape index (κ3) is 4.66. The van der Waals surface area contributed by atoms with E-state index in [1.54, 1.807) is 34.8 Å². The number of nitrogens with one attached hydrogen (secondary N) is 1. The maximum Gasteiger partial charge on any atom is 0.243 e. The normalized spacial score (nSPS) is 15.2. The van der Waals surface area contributed by atoms with Gasteiger partial charge in [0, 0.05) is 35.3 Å². The topological polar surface area (TPSA) is 79.4 Å². The summed E-state index contributed by atoms with van der Waals surface area (Å²) in [5.41, 5.74) is 1.46. The van der Waals surface area contributed by atoms with Gasteiger partial charge >= 0.3 is 0 Å². The minimum absolute atomic E-state index is 0.153. The molecule has 2 aromatic carbocycles. The van der Waals surface area contributed by atoms with Gasteiger partial charge in [-0.25, -0.2) is 8.42 Å². The van der Waals surface area contributed by atoms with E-state index in [2.05, 4.69) is 10.3 Å². The van der Waals surface area contributed by atoms with Gasteiger partial charge in [0.05, 0.1) is 16.2 Å². The smallest absolute Gasteiger partial charge is 0.243 e. The second kappa shape index (κ2) is 9.16. The zero-order valence-electron chi connectivity index (χ0n) is 16.5. The summed E-state index contributed by atoms with van der Waals surface area (Å²) in [6.07, 6.45) is 4.62. The van der Waals surface area contributed by atoms with Gasteiger partial charge in [0.2, 0.25) is 15.9 Å². The lowest BCUT2D eigenvalue weighted by molar-refractivity contribution is -0.113. The Labute approximate surface area is 180 Å². The van der Waals surface area contributed by atoms with Crippen molar-refractivity contribution in [2.75, 3.05) is 24.2 Å². The lowest BCUT2D eigenvalue weighted by Gasteiger charge is -2.25. The first-order chi connectivity index (χ1) is 14.5. The second-order valence-corrected chi connectivity index (χ2v) is 10.1. The van der Waals surface area contributed by atoms with Crippen molar-refractivity contribution in [3.8, 4) is 0 Å². The molecule has 0 atom stereocenters. The predicted molar refractivity (Wildman–Crippen MR) is 120 cm³/mol. The predicted octanol–water partition coefficient (Wildman–Crippen LogP) is 4.14. The van der Waals surface area contributed by atoms with E-state index in [4.69, 9.17) is 0 Å². The van der Waals surface area contributed by atoms with Gasteiger partial charge in [0.25, 0.3) is 0 Å². The number of thioether (sulfide) groups is 1. The lowest BCUT2D eigenvalue weighted by atomic mass is 10.2. The van der Waals surface area contributed by atoms with Crippen LogP contribution >= 0.6 is 11.8 Å². The van der Waals surface area contributed by atoms with Crippen LogP contribution in [0.4, 0.5) is 5.69 Å². The molecule has 4 rings (SSSR count). The molecular formula is C22H23N3O3S2. The van der Waals surface area contributed by atoms with E-state index in [1.165, 1.54) is 11.8 Å². The molecule has 0 spiro atoms. The summed E-state index contributed by atoms with van der Waals surface area (Å²) in [6.45, 7) is 1.14. The van der Waals surface area contributed by atoms with Crippen molar-refractivity contribution in [1.82, 2.24) is 9.29 Å². The quantitative estimate of drug-likeness (QED) is 0.582. The van der Waals surface area contributed by atoms with Gasteiger partial charge in [-0.2, -0.15) is 4.31 Å². The minimum atomic E-state index is -3.46. The Balaban J connectivity index is 1.38. The van der Waals surface area contributed by atoms with Gasteiger partial charge in [-0.3, -0.25) is 9.78 Å². The highest BCUT2D eigenvalue weighted by Gasteiger charge is 2.25. The number of piperidine rings is 1.